The molecule has 138 valence electrons. The second-order valence-electron chi connectivity index (χ2n) is 6.47. The maximum absolute atomic E-state index is 13.1. The summed E-state index contributed by atoms with van der Waals surface area (Å²) in [7, 11) is 0. The van der Waals surface area contributed by atoms with E-state index < -0.39 is 0 Å². The molecule has 1 aliphatic rings. The number of hydrogen-bond donors (Lipinski definition) is 0. The van der Waals surface area contributed by atoms with E-state index in [0.29, 0.717) is 29.5 Å². The van der Waals surface area contributed by atoms with Crippen molar-refractivity contribution in [3.8, 4) is 11.4 Å². The molecule has 8 heteroatoms. The smallest absolute Gasteiger partial charge is 0.253 e. The van der Waals surface area contributed by atoms with Gasteiger partial charge in [0.05, 0.1) is 11.1 Å². The highest BCUT2D eigenvalue weighted by Gasteiger charge is 2.27. The minimum Gasteiger partial charge on any atom is -0.336 e. The molecule has 2 heterocycles. The zero-order chi connectivity index (χ0) is 18.8. The van der Waals surface area contributed by atoms with E-state index in [4.69, 9.17) is 11.6 Å². The van der Waals surface area contributed by atoms with Crippen LogP contribution in [0.1, 0.15) is 29.2 Å². The molecule has 0 radical (unpaired) electrons. The van der Waals surface area contributed by atoms with Crippen molar-refractivity contribution in [3.05, 3.63) is 64.9 Å². The van der Waals surface area contributed by atoms with Crippen LogP contribution in [0.2, 0.25) is 5.02 Å². The van der Waals surface area contributed by atoms with E-state index in [9.17, 15) is 9.18 Å². The van der Waals surface area contributed by atoms with E-state index in [2.05, 4.69) is 15.4 Å². The molecule has 27 heavy (non-hydrogen) atoms. The van der Waals surface area contributed by atoms with E-state index in [0.717, 1.165) is 18.4 Å². The molecule has 0 saturated carbocycles. The number of nitrogens with zero attached hydrogens (tertiary/aromatic N) is 5. The van der Waals surface area contributed by atoms with Crippen molar-refractivity contribution in [1.29, 1.82) is 0 Å². The maximum Gasteiger partial charge on any atom is 0.253 e. The van der Waals surface area contributed by atoms with Gasteiger partial charge in [-0.3, -0.25) is 4.79 Å². The van der Waals surface area contributed by atoms with Gasteiger partial charge in [-0.2, -0.15) is 4.80 Å². The number of aromatic nitrogens is 4. The van der Waals surface area contributed by atoms with Gasteiger partial charge in [0.25, 0.3) is 5.91 Å². The van der Waals surface area contributed by atoms with Gasteiger partial charge in [-0.1, -0.05) is 23.7 Å². The highest BCUT2D eigenvalue weighted by atomic mass is 35.5. The molecule has 1 amide bonds. The molecule has 0 N–H and O–H groups in total. The Kier molecular flexibility index (Phi) is 4.85. The summed E-state index contributed by atoms with van der Waals surface area (Å²) in [5.74, 6) is -0.0179. The number of piperidine rings is 1. The molecule has 1 aromatic heterocycles. The number of carbonyl (C=O) groups excluding carboxylic acids is 1. The number of benzene rings is 2. The summed E-state index contributed by atoms with van der Waals surface area (Å²) in [6, 6.07) is 12.9. The lowest BCUT2D eigenvalue weighted by Crippen LogP contribution is -2.41. The number of halogens is 2. The lowest BCUT2D eigenvalue weighted by Gasteiger charge is -2.31. The van der Waals surface area contributed by atoms with Gasteiger partial charge in [0, 0.05) is 24.2 Å². The molecule has 6 nitrogen and oxygen atoms in total. The Hall–Kier alpha value is -2.80. The van der Waals surface area contributed by atoms with Gasteiger partial charge in [-0.05, 0) is 54.5 Å². The van der Waals surface area contributed by atoms with Crippen LogP contribution in [0.3, 0.4) is 0 Å². The third kappa shape index (κ3) is 3.68. The van der Waals surface area contributed by atoms with Crippen molar-refractivity contribution in [3.63, 3.8) is 0 Å². The number of rotatable bonds is 3. The number of tetrazole rings is 1. The first kappa shape index (κ1) is 17.6. The molecule has 1 aliphatic heterocycles. The van der Waals surface area contributed by atoms with Crippen LogP contribution in [0.5, 0.6) is 0 Å². The quantitative estimate of drug-likeness (QED) is 0.691. The van der Waals surface area contributed by atoms with Crippen molar-refractivity contribution in [2.45, 2.75) is 18.9 Å². The fraction of sp³-hybridized carbons (Fsp3) is 0.263. The average Bonchev–Trinajstić information content (AvgIpc) is 3.18. The zero-order valence-corrected chi connectivity index (χ0v) is 15.2. The Bertz CT molecular complexity index is 959. The lowest BCUT2D eigenvalue weighted by atomic mass is 10.0. The molecule has 1 atom stereocenters. The van der Waals surface area contributed by atoms with E-state index in [1.54, 1.807) is 15.8 Å². The van der Waals surface area contributed by atoms with Crippen LogP contribution in [0.15, 0.2) is 48.5 Å². The second kappa shape index (κ2) is 7.44. The summed E-state index contributed by atoms with van der Waals surface area (Å²) in [5.41, 5.74) is 1.20. The second-order valence-corrected chi connectivity index (χ2v) is 6.87. The third-order valence-electron chi connectivity index (χ3n) is 4.64. The van der Waals surface area contributed by atoms with Crippen molar-refractivity contribution in [1.82, 2.24) is 25.1 Å². The standard InChI is InChI=1S/C19H17ClFN5O/c20-17-6-2-1-5-16(17)18-22-24-26(23-18)15-4-3-11-25(12-15)19(27)13-7-9-14(21)10-8-13/h1-2,5-10,15H,3-4,11-12H2/t15-/m0/s1. The van der Waals surface area contributed by atoms with Gasteiger partial charge in [0.15, 0.2) is 0 Å². The monoisotopic (exact) mass is 385 g/mol. The largest absolute Gasteiger partial charge is 0.336 e. The SMILES string of the molecule is O=C(c1ccc(F)cc1)N1CCC[C@H](n2nnc(-c3ccccc3Cl)n2)C1. The molecule has 3 aromatic rings. The molecule has 1 saturated heterocycles. The van der Waals surface area contributed by atoms with Gasteiger partial charge in [0.1, 0.15) is 5.82 Å². The van der Waals surface area contributed by atoms with Crippen LogP contribution in [-0.4, -0.2) is 44.1 Å². The number of carbonyl (C=O) groups is 1. The fourth-order valence-corrected chi connectivity index (χ4v) is 3.45. The van der Waals surface area contributed by atoms with E-state index >= 15 is 0 Å². The summed E-state index contributed by atoms with van der Waals surface area (Å²) < 4.78 is 13.1. The van der Waals surface area contributed by atoms with Crippen molar-refractivity contribution in [2.75, 3.05) is 13.1 Å². The Morgan fingerprint density at radius 3 is 2.70 bits per heavy atom. The van der Waals surface area contributed by atoms with Gasteiger partial charge >= 0.3 is 0 Å². The first-order chi connectivity index (χ1) is 13.1. The topological polar surface area (TPSA) is 63.9 Å². The van der Waals surface area contributed by atoms with Gasteiger partial charge in [0.2, 0.25) is 5.82 Å². The highest BCUT2D eigenvalue weighted by molar-refractivity contribution is 6.33. The summed E-state index contributed by atoms with van der Waals surface area (Å²) in [4.78, 5) is 16.0. The van der Waals surface area contributed by atoms with Crippen molar-refractivity contribution < 1.29 is 9.18 Å². The van der Waals surface area contributed by atoms with Crippen LogP contribution < -0.4 is 0 Å². The average molecular weight is 386 g/mol. The predicted octanol–water partition coefficient (Wildman–Crippen LogP) is 3.61. The molecule has 0 bridgehead atoms. The predicted molar refractivity (Wildman–Crippen MR) is 98.8 cm³/mol. The summed E-state index contributed by atoms with van der Waals surface area (Å²) >= 11 is 6.20. The lowest BCUT2D eigenvalue weighted by molar-refractivity contribution is 0.0663. The third-order valence-corrected chi connectivity index (χ3v) is 4.97. The minimum atomic E-state index is -0.359. The minimum absolute atomic E-state index is 0.0631. The first-order valence-corrected chi connectivity index (χ1v) is 9.09. The van der Waals surface area contributed by atoms with Gasteiger partial charge in [-0.25, -0.2) is 4.39 Å². The molecular formula is C19H17ClFN5O. The van der Waals surface area contributed by atoms with Gasteiger partial charge < -0.3 is 4.90 Å². The molecule has 0 unspecified atom stereocenters. The summed E-state index contributed by atoms with van der Waals surface area (Å²) in [5, 5.41) is 13.3. The normalized spacial score (nSPS) is 17.1. The summed E-state index contributed by atoms with van der Waals surface area (Å²) in [6.07, 6.45) is 1.69. The van der Waals surface area contributed by atoms with Gasteiger partial charge in [-0.15, -0.1) is 10.2 Å². The van der Waals surface area contributed by atoms with Crippen molar-refractivity contribution >= 4 is 17.5 Å². The Morgan fingerprint density at radius 1 is 1.15 bits per heavy atom. The number of likely N-dealkylation sites (tertiary alicyclic amines) is 1. The fourth-order valence-electron chi connectivity index (χ4n) is 3.23. The summed E-state index contributed by atoms with van der Waals surface area (Å²) in [6.45, 7) is 1.13. The number of hydrogen-bond acceptors (Lipinski definition) is 4. The van der Waals surface area contributed by atoms with E-state index in [1.807, 2.05) is 18.2 Å². The van der Waals surface area contributed by atoms with E-state index in [1.165, 1.54) is 24.3 Å². The molecule has 1 fully saturated rings. The maximum atomic E-state index is 13.1. The molecule has 0 aliphatic carbocycles. The Labute approximate surface area is 160 Å². The van der Waals surface area contributed by atoms with Crippen LogP contribution in [0.25, 0.3) is 11.4 Å². The first-order valence-electron chi connectivity index (χ1n) is 8.71. The van der Waals surface area contributed by atoms with Crippen LogP contribution >= 0.6 is 11.6 Å². The molecule has 0 spiro atoms. The zero-order valence-electron chi connectivity index (χ0n) is 14.4. The van der Waals surface area contributed by atoms with Crippen LogP contribution in [-0.2, 0) is 0 Å². The van der Waals surface area contributed by atoms with E-state index in [-0.39, 0.29) is 17.8 Å². The van der Waals surface area contributed by atoms with Crippen molar-refractivity contribution in [2.24, 2.45) is 0 Å². The van der Waals surface area contributed by atoms with Crippen LogP contribution in [0.4, 0.5) is 4.39 Å². The Balaban J connectivity index is 1.51. The van der Waals surface area contributed by atoms with Crippen LogP contribution in [0, 0.1) is 5.82 Å². The Morgan fingerprint density at radius 2 is 1.93 bits per heavy atom. The number of amides is 1. The highest BCUT2D eigenvalue weighted by Crippen LogP contribution is 2.26. The molecule has 2 aromatic carbocycles. The molecular weight excluding hydrogens is 369 g/mol. The molecule has 4 rings (SSSR count).